The van der Waals surface area contributed by atoms with Crippen LogP contribution in [-0.4, -0.2) is 73.5 Å². The van der Waals surface area contributed by atoms with E-state index in [9.17, 15) is 0 Å². The summed E-state index contributed by atoms with van der Waals surface area (Å²) in [4.78, 5) is 5.19. The maximum Gasteiger partial charge on any atom is 0.0857 e. The van der Waals surface area contributed by atoms with Crippen LogP contribution < -0.4 is 0 Å². The largest absolute Gasteiger partial charge is 0.383 e. The summed E-state index contributed by atoms with van der Waals surface area (Å²) in [5.74, 6) is 0. The van der Waals surface area contributed by atoms with Gasteiger partial charge in [-0.1, -0.05) is 0 Å². The van der Waals surface area contributed by atoms with E-state index < -0.39 is 0 Å². The first-order chi connectivity index (χ1) is 9.54. The van der Waals surface area contributed by atoms with Crippen LogP contribution in [0.1, 0.15) is 40.5 Å². The minimum atomic E-state index is 0.357. The minimum Gasteiger partial charge on any atom is -0.383 e. The van der Waals surface area contributed by atoms with Gasteiger partial charge in [-0.2, -0.15) is 0 Å². The van der Waals surface area contributed by atoms with Gasteiger partial charge in [0.25, 0.3) is 0 Å². The quantitative estimate of drug-likeness (QED) is 0.714. The second-order valence-electron chi connectivity index (χ2n) is 6.79. The lowest BCUT2D eigenvalue weighted by atomic mass is 10.1. The van der Waals surface area contributed by atoms with Crippen molar-refractivity contribution in [2.24, 2.45) is 0 Å². The first-order valence-electron chi connectivity index (χ1n) is 8.16. The van der Waals surface area contributed by atoms with E-state index in [0.29, 0.717) is 30.3 Å². The van der Waals surface area contributed by atoms with E-state index in [-0.39, 0.29) is 0 Å². The Hall–Kier alpha value is -0.160. The Bertz CT molecular complexity index is 296. The van der Waals surface area contributed by atoms with E-state index in [1.54, 1.807) is 7.11 Å². The molecule has 2 rings (SSSR count). The summed E-state index contributed by atoms with van der Waals surface area (Å²) >= 11 is 0. The Morgan fingerprint density at radius 3 is 2.60 bits per heavy atom. The van der Waals surface area contributed by atoms with Gasteiger partial charge in [0, 0.05) is 44.4 Å². The normalized spacial score (nSPS) is 30.9. The van der Waals surface area contributed by atoms with Gasteiger partial charge in [0.15, 0.2) is 0 Å². The van der Waals surface area contributed by atoms with Gasteiger partial charge in [-0.15, -0.1) is 0 Å². The van der Waals surface area contributed by atoms with Crippen LogP contribution in [0.15, 0.2) is 0 Å². The third-order valence-corrected chi connectivity index (χ3v) is 4.86. The zero-order chi connectivity index (χ0) is 14.7. The highest BCUT2D eigenvalue weighted by Crippen LogP contribution is 2.34. The van der Waals surface area contributed by atoms with Crippen LogP contribution in [0.2, 0.25) is 0 Å². The van der Waals surface area contributed by atoms with Crippen molar-refractivity contribution in [1.82, 2.24) is 9.80 Å². The van der Waals surface area contributed by atoms with E-state index >= 15 is 0 Å². The van der Waals surface area contributed by atoms with Crippen LogP contribution >= 0.6 is 0 Å². The third kappa shape index (κ3) is 3.53. The Labute approximate surface area is 124 Å². The molecular formula is C16H32N2O2. The van der Waals surface area contributed by atoms with Crippen LogP contribution in [0.5, 0.6) is 0 Å². The van der Waals surface area contributed by atoms with Crippen LogP contribution in [0, 0.1) is 0 Å². The number of methoxy groups -OCH3 is 1. The van der Waals surface area contributed by atoms with Gasteiger partial charge in [-0.3, -0.25) is 9.80 Å². The highest BCUT2D eigenvalue weighted by atomic mass is 16.5. The fourth-order valence-corrected chi connectivity index (χ4v) is 3.80. The molecule has 0 saturated carbocycles. The Morgan fingerprint density at radius 2 is 2.00 bits per heavy atom. The average Bonchev–Trinajstić information content (AvgIpc) is 2.72. The van der Waals surface area contributed by atoms with Gasteiger partial charge in [0.05, 0.1) is 19.3 Å². The first-order valence-corrected chi connectivity index (χ1v) is 8.16. The molecule has 4 nitrogen and oxygen atoms in total. The number of ether oxygens (including phenoxy) is 2. The van der Waals surface area contributed by atoms with Crippen molar-refractivity contribution in [3.8, 4) is 0 Å². The van der Waals surface area contributed by atoms with Gasteiger partial charge in [0.2, 0.25) is 0 Å². The maximum atomic E-state index is 6.18. The minimum absolute atomic E-state index is 0.357. The molecule has 0 aliphatic carbocycles. The summed E-state index contributed by atoms with van der Waals surface area (Å²) < 4.78 is 11.4. The monoisotopic (exact) mass is 284 g/mol. The van der Waals surface area contributed by atoms with Crippen molar-refractivity contribution < 1.29 is 9.47 Å². The molecule has 4 heteroatoms. The highest BCUT2D eigenvalue weighted by Gasteiger charge is 2.44. The molecule has 20 heavy (non-hydrogen) atoms. The molecule has 0 spiro atoms. The van der Waals surface area contributed by atoms with Crippen molar-refractivity contribution in [2.45, 2.75) is 70.8 Å². The number of nitrogens with zero attached hydrogens (tertiary/aromatic N) is 2. The predicted molar refractivity (Wildman–Crippen MR) is 82.1 cm³/mol. The Morgan fingerprint density at radius 1 is 1.25 bits per heavy atom. The summed E-state index contributed by atoms with van der Waals surface area (Å²) in [6, 6.07) is 2.44. The van der Waals surface area contributed by atoms with E-state index in [1.165, 1.54) is 12.8 Å². The van der Waals surface area contributed by atoms with Gasteiger partial charge < -0.3 is 9.47 Å². The van der Waals surface area contributed by atoms with Crippen molar-refractivity contribution in [1.29, 1.82) is 0 Å². The third-order valence-electron chi connectivity index (χ3n) is 4.86. The van der Waals surface area contributed by atoms with E-state index in [1.807, 2.05) is 0 Å². The SMILES string of the molecule is COCCN(CC1OCC2CCC1N2C(C)C)C(C)C. The molecule has 2 heterocycles. The van der Waals surface area contributed by atoms with Gasteiger partial charge in [0.1, 0.15) is 0 Å². The van der Waals surface area contributed by atoms with Crippen molar-refractivity contribution in [3.63, 3.8) is 0 Å². The lowest BCUT2D eigenvalue weighted by molar-refractivity contribution is -0.0988. The zero-order valence-electron chi connectivity index (χ0n) is 13.8. The van der Waals surface area contributed by atoms with Crippen LogP contribution in [-0.2, 0) is 9.47 Å². The van der Waals surface area contributed by atoms with Crippen molar-refractivity contribution >= 4 is 0 Å². The van der Waals surface area contributed by atoms with Crippen LogP contribution in [0.3, 0.4) is 0 Å². The Balaban J connectivity index is 1.97. The topological polar surface area (TPSA) is 24.9 Å². The molecular weight excluding hydrogens is 252 g/mol. The fourth-order valence-electron chi connectivity index (χ4n) is 3.80. The van der Waals surface area contributed by atoms with Crippen molar-refractivity contribution in [3.05, 3.63) is 0 Å². The molecule has 0 aromatic carbocycles. The summed E-state index contributed by atoms with van der Waals surface area (Å²) in [5, 5.41) is 0. The molecule has 0 N–H and O–H groups in total. The van der Waals surface area contributed by atoms with Gasteiger partial charge in [-0.25, -0.2) is 0 Å². The van der Waals surface area contributed by atoms with Gasteiger partial charge in [-0.05, 0) is 40.5 Å². The lowest BCUT2D eigenvalue weighted by Gasteiger charge is -2.44. The number of fused-ring (bicyclic) bond motifs is 2. The first kappa shape index (κ1) is 16.2. The van der Waals surface area contributed by atoms with Crippen LogP contribution in [0.25, 0.3) is 0 Å². The second kappa shape index (κ2) is 7.21. The summed E-state index contributed by atoms with van der Waals surface area (Å²) in [7, 11) is 1.78. The molecule has 2 fully saturated rings. The van der Waals surface area contributed by atoms with Crippen LogP contribution in [0.4, 0.5) is 0 Å². The van der Waals surface area contributed by atoms with E-state index in [4.69, 9.17) is 9.47 Å². The maximum absolute atomic E-state index is 6.18. The smallest absolute Gasteiger partial charge is 0.0857 e. The molecule has 3 atom stereocenters. The standard InChI is InChI=1S/C16H32N2O2/c1-12(2)17(8-9-19-5)10-16-15-7-6-14(11-20-16)18(15)13(3)4/h12-16H,6-11H2,1-5H3. The zero-order valence-corrected chi connectivity index (χ0v) is 13.8. The lowest BCUT2D eigenvalue weighted by Crippen LogP contribution is -2.57. The van der Waals surface area contributed by atoms with Gasteiger partial charge >= 0.3 is 0 Å². The number of morpholine rings is 1. The molecule has 118 valence electrons. The molecule has 0 amide bonds. The second-order valence-corrected chi connectivity index (χ2v) is 6.79. The molecule has 0 aromatic rings. The molecule has 2 aliphatic rings. The molecule has 2 saturated heterocycles. The molecule has 2 bridgehead atoms. The van der Waals surface area contributed by atoms with Crippen molar-refractivity contribution in [2.75, 3.05) is 33.4 Å². The van der Waals surface area contributed by atoms with E-state index in [2.05, 4.69) is 37.5 Å². The summed E-state index contributed by atoms with van der Waals surface area (Å²) in [6.07, 6.45) is 2.96. The number of hydrogen-bond acceptors (Lipinski definition) is 4. The fraction of sp³-hybridized carbons (Fsp3) is 1.00. The van der Waals surface area contributed by atoms with E-state index in [0.717, 1.165) is 26.3 Å². The summed E-state index contributed by atoms with van der Waals surface area (Å²) in [5.41, 5.74) is 0. The molecule has 2 aliphatic heterocycles. The summed E-state index contributed by atoms with van der Waals surface area (Å²) in [6.45, 7) is 12.9. The average molecular weight is 284 g/mol. The highest BCUT2D eigenvalue weighted by molar-refractivity contribution is 4.98. The number of hydrogen-bond donors (Lipinski definition) is 0. The predicted octanol–water partition coefficient (Wildman–Crippen LogP) is 1.98. The molecule has 3 unspecified atom stereocenters. The molecule has 0 aromatic heterocycles. The number of rotatable bonds is 7. The molecule has 0 radical (unpaired) electrons. The Kier molecular flexibility index (Phi) is 5.84.